The first kappa shape index (κ1) is 14.0. The fraction of sp³-hybridized carbons (Fsp3) is 0.571. The maximum atomic E-state index is 12.4. The highest BCUT2D eigenvalue weighted by atomic mass is 32.2. The molecular weight excluding hydrogens is 276 g/mol. The lowest BCUT2D eigenvalue weighted by molar-refractivity contribution is 0.159. The highest BCUT2D eigenvalue weighted by Crippen LogP contribution is 2.20. The minimum absolute atomic E-state index is 0.154. The summed E-state index contributed by atoms with van der Waals surface area (Å²) in [5.41, 5.74) is 0. The van der Waals surface area contributed by atoms with Crippen LogP contribution in [0.25, 0.3) is 0 Å². The normalized spacial score (nSPS) is 28.0. The zero-order chi connectivity index (χ0) is 14.0. The SMILES string of the molecule is O=S(=O)(N[C@H]1COC[C@@H]1N1CCCC1)c1ccccc1. The maximum Gasteiger partial charge on any atom is 0.240 e. The topological polar surface area (TPSA) is 58.6 Å². The van der Waals surface area contributed by atoms with Crippen LogP contribution in [0.2, 0.25) is 0 Å². The molecule has 0 spiro atoms. The number of hydrogen-bond donors (Lipinski definition) is 1. The maximum absolute atomic E-state index is 12.4. The monoisotopic (exact) mass is 296 g/mol. The van der Waals surface area contributed by atoms with Crippen molar-refractivity contribution in [2.45, 2.75) is 29.8 Å². The second kappa shape index (κ2) is 5.81. The largest absolute Gasteiger partial charge is 0.378 e. The molecule has 3 rings (SSSR count). The van der Waals surface area contributed by atoms with Crippen molar-refractivity contribution in [1.82, 2.24) is 9.62 Å². The molecule has 2 saturated heterocycles. The van der Waals surface area contributed by atoms with Crippen LogP contribution in [0, 0.1) is 0 Å². The Morgan fingerprint density at radius 3 is 2.50 bits per heavy atom. The summed E-state index contributed by atoms with van der Waals surface area (Å²) in [7, 11) is -3.46. The van der Waals surface area contributed by atoms with E-state index in [1.165, 1.54) is 12.8 Å². The molecule has 1 aromatic rings. The molecule has 5 nitrogen and oxygen atoms in total. The molecule has 1 N–H and O–H groups in total. The predicted octanol–water partition coefficient (Wildman–Crippen LogP) is 0.828. The van der Waals surface area contributed by atoms with Crippen LogP contribution in [0.15, 0.2) is 35.2 Å². The average Bonchev–Trinajstić information content (AvgIpc) is 3.10. The summed E-state index contributed by atoms with van der Waals surface area (Å²) >= 11 is 0. The van der Waals surface area contributed by atoms with Gasteiger partial charge in [-0.15, -0.1) is 0 Å². The molecule has 20 heavy (non-hydrogen) atoms. The highest BCUT2D eigenvalue weighted by Gasteiger charge is 2.36. The van der Waals surface area contributed by atoms with E-state index in [1.807, 2.05) is 6.07 Å². The van der Waals surface area contributed by atoms with E-state index < -0.39 is 10.0 Å². The van der Waals surface area contributed by atoms with Gasteiger partial charge in [0.2, 0.25) is 10.0 Å². The van der Waals surface area contributed by atoms with Gasteiger partial charge >= 0.3 is 0 Å². The summed E-state index contributed by atoms with van der Waals surface area (Å²) < 4.78 is 33.0. The van der Waals surface area contributed by atoms with E-state index in [4.69, 9.17) is 4.74 Å². The summed E-state index contributed by atoms with van der Waals surface area (Å²) in [5, 5.41) is 0. The van der Waals surface area contributed by atoms with E-state index >= 15 is 0 Å². The summed E-state index contributed by atoms with van der Waals surface area (Å²) in [6.07, 6.45) is 2.38. The second-order valence-corrected chi connectivity index (χ2v) is 7.10. The summed E-state index contributed by atoms with van der Waals surface area (Å²) in [5.74, 6) is 0. The lowest BCUT2D eigenvalue weighted by atomic mass is 10.1. The van der Waals surface area contributed by atoms with Crippen molar-refractivity contribution in [3.05, 3.63) is 30.3 Å². The quantitative estimate of drug-likeness (QED) is 0.894. The van der Waals surface area contributed by atoms with Crippen molar-refractivity contribution in [2.75, 3.05) is 26.3 Å². The Labute approximate surface area is 120 Å². The lowest BCUT2D eigenvalue weighted by Crippen LogP contribution is -2.50. The summed E-state index contributed by atoms with van der Waals surface area (Å²) in [4.78, 5) is 2.65. The van der Waals surface area contributed by atoms with Gasteiger partial charge in [-0.05, 0) is 38.1 Å². The zero-order valence-electron chi connectivity index (χ0n) is 11.4. The molecule has 6 heteroatoms. The molecule has 2 aliphatic heterocycles. The predicted molar refractivity (Wildman–Crippen MR) is 76.0 cm³/mol. The molecule has 1 aromatic carbocycles. The third kappa shape index (κ3) is 2.88. The average molecular weight is 296 g/mol. The van der Waals surface area contributed by atoms with Crippen LogP contribution in [0.5, 0.6) is 0 Å². The van der Waals surface area contributed by atoms with Gasteiger partial charge in [-0.3, -0.25) is 4.90 Å². The van der Waals surface area contributed by atoms with Gasteiger partial charge in [-0.2, -0.15) is 0 Å². The Morgan fingerprint density at radius 2 is 1.80 bits per heavy atom. The van der Waals surface area contributed by atoms with Crippen LogP contribution in [-0.2, 0) is 14.8 Å². The van der Waals surface area contributed by atoms with Crippen LogP contribution < -0.4 is 4.72 Å². The highest BCUT2D eigenvalue weighted by molar-refractivity contribution is 7.89. The van der Waals surface area contributed by atoms with Crippen LogP contribution >= 0.6 is 0 Å². The molecule has 110 valence electrons. The van der Waals surface area contributed by atoms with Gasteiger partial charge in [0.15, 0.2) is 0 Å². The smallest absolute Gasteiger partial charge is 0.240 e. The van der Waals surface area contributed by atoms with Gasteiger partial charge in [-0.25, -0.2) is 13.1 Å². The van der Waals surface area contributed by atoms with Gasteiger partial charge in [0, 0.05) is 0 Å². The van der Waals surface area contributed by atoms with Gasteiger partial charge in [0.25, 0.3) is 0 Å². The molecule has 0 saturated carbocycles. The molecule has 0 amide bonds. The number of nitrogens with zero attached hydrogens (tertiary/aromatic N) is 1. The van der Waals surface area contributed by atoms with Crippen LogP contribution in [0.1, 0.15) is 12.8 Å². The molecule has 0 unspecified atom stereocenters. The van der Waals surface area contributed by atoms with Gasteiger partial charge < -0.3 is 4.74 Å². The molecule has 0 radical (unpaired) electrons. The van der Waals surface area contributed by atoms with Crippen molar-refractivity contribution in [1.29, 1.82) is 0 Å². The third-order valence-electron chi connectivity index (χ3n) is 4.02. The number of sulfonamides is 1. The van der Waals surface area contributed by atoms with E-state index in [0.717, 1.165) is 13.1 Å². The molecular formula is C14H20N2O3S. The third-order valence-corrected chi connectivity index (χ3v) is 5.53. The fourth-order valence-electron chi connectivity index (χ4n) is 2.96. The number of rotatable bonds is 4. The Hall–Kier alpha value is -0.950. The number of ether oxygens (including phenoxy) is 1. The second-order valence-electron chi connectivity index (χ2n) is 5.39. The minimum atomic E-state index is -3.46. The first-order valence-electron chi connectivity index (χ1n) is 7.06. The van der Waals surface area contributed by atoms with Crippen molar-refractivity contribution in [3.63, 3.8) is 0 Å². The van der Waals surface area contributed by atoms with Gasteiger partial charge in [0.05, 0.1) is 30.2 Å². The van der Waals surface area contributed by atoms with Crippen LogP contribution in [0.3, 0.4) is 0 Å². The van der Waals surface area contributed by atoms with E-state index in [0.29, 0.717) is 18.1 Å². The van der Waals surface area contributed by atoms with Crippen molar-refractivity contribution in [3.8, 4) is 0 Å². The van der Waals surface area contributed by atoms with E-state index in [9.17, 15) is 8.42 Å². The zero-order valence-corrected chi connectivity index (χ0v) is 12.2. The van der Waals surface area contributed by atoms with Gasteiger partial charge in [-0.1, -0.05) is 18.2 Å². The van der Waals surface area contributed by atoms with Gasteiger partial charge in [0.1, 0.15) is 0 Å². The summed E-state index contributed by atoms with van der Waals surface area (Å²) in [6, 6.07) is 8.51. The molecule has 2 atom stereocenters. The van der Waals surface area contributed by atoms with E-state index in [1.54, 1.807) is 24.3 Å². The molecule has 0 bridgehead atoms. The Bertz CT molecular complexity index is 541. The summed E-state index contributed by atoms with van der Waals surface area (Å²) in [6.45, 7) is 3.14. The molecule has 2 aliphatic rings. The molecule has 2 heterocycles. The number of nitrogens with one attached hydrogen (secondary N) is 1. The Morgan fingerprint density at radius 1 is 1.10 bits per heavy atom. The van der Waals surface area contributed by atoms with E-state index in [2.05, 4.69) is 9.62 Å². The fourth-order valence-corrected chi connectivity index (χ4v) is 4.23. The molecule has 2 fully saturated rings. The van der Waals surface area contributed by atoms with Crippen molar-refractivity contribution < 1.29 is 13.2 Å². The number of likely N-dealkylation sites (tertiary alicyclic amines) is 1. The minimum Gasteiger partial charge on any atom is -0.378 e. The van der Waals surface area contributed by atoms with Crippen molar-refractivity contribution >= 4 is 10.0 Å². The standard InChI is InChI=1S/C14H20N2O3S/c17-20(18,12-6-2-1-3-7-12)15-13-10-19-11-14(13)16-8-4-5-9-16/h1-3,6-7,13-15H,4-5,8-11H2/t13-,14-/m0/s1. The first-order chi connectivity index (χ1) is 9.67. The Balaban J connectivity index is 1.73. The molecule has 0 aliphatic carbocycles. The number of hydrogen-bond acceptors (Lipinski definition) is 4. The van der Waals surface area contributed by atoms with Crippen LogP contribution in [0.4, 0.5) is 0 Å². The first-order valence-corrected chi connectivity index (χ1v) is 8.54. The van der Waals surface area contributed by atoms with E-state index in [-0.39, 0.29) is 12.1 Å². The molecule has 0 aromatic heterocycles. The Kier molecular flexibility index (Phi) is 4.07. The number of benzene rings is 1. The lowest BCUT2D eigenvalue weighted by Gasteiger charge is -2.27. The van der Waals surface area contributed by atoms with Crippen LogP contribution in [-0.4, -0.2) is 51.7 Å². The van der Waals surface area contributed by atoms with Crippen molar-refractivity contribution in [2.24, 2.45) is 0 Å².